The van der Waals surface area contributed by atoms with Gasteiger partial charge in [-0.2, -0.15) is 0 Å². The van der Waals surface area contributed by atoms with Crippen LogP contribution < -0.4 is 10.1 Å². The van der Waals surface area contributed by atoms with E-state index in [1.807, 2.05) is 0 Å². The highest BCUT2D eigenvalue weighted by Gasteiger charge is 2.14. The van der Waals surface area contributed by atoms with Gasteiger partial charge in [-0.25, -0.2) is 8.78 Å². The first-order valence-electron chi connectivity index (χ1n) is 5.12. The molecule has 0 saturated carbocycles. The molecule has 0 amide bonds. The SMILES string of the molecule is CNCc1cc(F)c(OCC(O)CO)c(F)c1. The van der Waals surface area contributed by atoms with E-state index in [0.717, 1.165) is 12.1 Å². The maximum atomic E-state index is 13.5. The third-order valence-corrected chi connectivity index (χ3v) is 2.07. The molecular formula is C11H15F2NO3. The second kappa shape index (κ2) is 6.48. The highest BCUT2D eigenvalue weighted by Crippen LogP contribution is 2.23. The van der Waals surface area contributed by atoms with Gasteiger partial charge in [-0.3, -0.25) is 0 Å². The molecule has 0 aromatic heterocycles. The van der Waals surface area contributed by atoms with Gasteiger partial charge in [0.25, 0.3) is 0 Å². The zero-order valence-electron chi connectivity index (χ0n) is 9.41. The summed E-state index contributed by atoms with van der Waals surface area (Å²) in [7, 11) is 1.66. The van der Waals surface area contributed by atoms with Crippen LogP contribution in [0.1, 0.15) is 5.56 Å². The maximum Gasteiger partial charge on any atom is 0.190 e. The molecule has 1 aromatic carbocycles. The molecule has 0 heterocycles. The summed E-state index contributed by atoms with van der Waals surface area (Å²) in [5, 5.41) is 20.3. The van der Waals surface area contributed by atoms with E-state index in [1.165, 1.54) is 0 Å². The third-order valence-electron chi connectivity index (χ3n) is 2.07. The fourth-order valence-corrected chi connectivity index (χ4v) is 1.29. The van der Waals surface area contributed by atoms with Crippen LogP contribution in [-0.4, -0.2) is 36.6 Å². The summed E-state index contributed by atoms with van der Waals surface area (Å²) < 4.78 is 31.7. The molecule has 1 unspecified atom stereocenters. The summed E-state index contributed by atoms with van der Waals surface area (Å²) in [5.74, 6) is -2.21. The second-order valence-corrected chi connectivity index (χ2v) is 3.57. The minimum atomic E-state index is -1.16. The minimum absolute atomic E-state index is 0.341. The van der Waals surface area contributed by atoms with E-state index < -0.39 is 30.1 Å². The molecular weight excluding hydrogens is 232 g/mol. The number of aliphatic hydroxyl groups excluding tert-OH is 2. The Kier molecular flexibility index (Phi) is 5.27. The molecule has 1 rings (SSSR count). The van der Waals surface area contributed by atoms with E-state index >= 15 is 0 Å². The van der Waals surface area contributed by atoms with Gasteiger partial charge in [0.05, 0.1) is 6.61 Å². The first kappa shape index (κ1) is 13.8. The van der Waals surface area contributed by atoms with Gasteiger partial charge in [0.2, 0.25) is 0 Å². The average Bonchev–Trinajstić information content (AvgIpc) is 2.28. The van der Waals surface area contributed by atoms with Crippen molar-refractivity contribution in [3.8, 4) is 5.75 Å². The van der Waals surface area contributed by atoms with Gasteiger partial charge >= 0.3 is 0 Å². The predicted octanol–water partition coefficient (Wildman–Crippen LogP) is 0.416. The van der Waals surface area contributed by atoms with Gasteiger partial charge < -0.3 is 20.3 Å². The Balaban J connectivity index is 2.78. The van der Waals surface area contributed by atoms with E-state index in [9.17, 15) is 8.78 Å². The molecule has 0 saturated heterocycles. The van der Waals surface area contributed by atoms with E-state index in [4.69, 9.17) is 14.9 Å². The topological polar surface area (TPSA) is 61.7 Å². The van der Waals surface area contributed by atoms with Crippen molar-refractivity contribution in [3.63, 3.8) is 0 Å². The van der Waals surface area contributed by atoms with Crippen molar-refractivity contribution < 1.29 is 23.7 Å². The number of aliphatic hydroxyl groups is 2. The van der Waals surface area contributed by atoms with Crippen molar-refractivity contribution in [3.05, 3.63) is 29.3 Å². The smallest absolute Gasteiger partial charge is 0.190 e. The average molecular weight is 247 g/mol. The molecule has 96 valence electrons. The van der Waals surface area contributed by atoms with E-state index in [0.29, 0.717) is 12.1 Å². The predicted molar refractivity (Wildman–Crippen MR) is 57.7 cm³/mol. The largest absolute Gasteiger partial charge is 0.485 e. The standard InChI is InChI=1S/C11H15F2NO3/c1-14-4-7-2-9(12)11(10(13)3-7)17-6-8(16)5-15/h2-3,8,14-16H,4-6H2,1H3. The van der Waals surface area contributed by atoms with Crippen LogP contribution in [0, 0.1) is 11.6 Å². The van der Waals surface area contributed by atoms with Gasteiger partial charge in [0.1, 0.15) is 12.7 Å². The zero-order valence-corrected chi connectivity index (χ0v) is 9.41. The summed E-state index contributed by atoms with van der Waals surface area (Å²) in [6.45, 7) is -0.551. The van der Waals surface area contributed by atoms with Gasteiger partial charge in [-0.1, -0.05) is 0 Å². The van der Waals surface area contributed by atoms with Crippen molar-refractivity contribution in [2.75, 3.05) is 20.3 Å². The lowest BCUT2D eigenvalue weighted by Gasteiger charge is -2.12. The first-order valence-corrected chi connectivity index (χ1v) is 5.12. The molecule has 0 aliphatic rings. The lowest BCUT2D eigenvalue weighted by Crippen LogP contribution is -2.22. The molecule has 17 heavy (non-hydrogen) atoms. The molecule has 1 aromatic rings. The lowest BCUT2D eigenvalue weighted by molar-refractivity contribution is 0.0509. The number of benzene rings is 1. The molecule has 0 bridgehead atoms. The zero-order chi connectivity index (χ0) is 12.8. The fraction of sp³-hybridized carbons (Fsp3) is 0.455. The van der Waals surface area contributed by atoms with Gasteiger partial charge in [0, 0.05) is 6.54 Å². The molecule has 1 atom stereocenters. The van der Waals surface area contributed by atoms with Crippen molar-refractivity contribution in [1.29, 1.82) is 0 Å². The van der Waals surface area contributed by atoms with Crippen LogP contribution in [0.2, 0.25) is 0 Å². The summed E-state index contributed by atoms with van der Waals surface area (Å²) in [5.41, 5.74) is 0.456. The number of hydrogen-bond donors (Lipinski definition) is 3. The summed E-state index contributed by atoms with van der Waals surface area (Å²) in [6.07, 6.45) is -1.16. The van der Waals surface area contributed by atoms with E-state index in [-0.39, 0.29) is 6.61 Å². The Morgan fingerprint density at radius 1 is 1.35 bits per heavy atom. The molecule has 0 spiro atoms. The van der Waals surface area contributed by atoms with Crippen LogP contribution in [0.15, 0.2) is 12.1 Å². The number of halogens is 2. The van der Waals surface area contributed by atoms with E-state index in [1.54, 1.807) is 7.05 Å². The summed E-state index contributed by atoms with van der Waals surface area (Å²) >= 11 is 0. The Labute approximate surface area is 97.8 Å². The van der Waals surface area contributed by atoms with Crippen molar-refractivity contribution in [2.24, 2.45) is 0 Å². The van der Waals surface area contributed by atoms with Crippen molar-refractivity contribution >= 4 is 0 Å². The highest BCUT2D eigenvalue weighted by atomic mass is 19.1. The molecule has 0 aliphatic carbocycles. The van der Waals surface area contributed by atoms with Crippen LogP contribution in [0.25, 0.3) is 0 Å². The van der Waals surface area contributed by atoms with Crippen LogP contribution >= 0.6 is 0 Å². The summed E-state index contributed by atoms with van der Waals surface area (Å²) in [4.78, 5) is 0. The number of nitrogens with one attached hydrogen (secondary N) is 1. The summed E-state index contributed by atoms with van der Waals surface area (Å²) in [6, 6.07) is 2.31. The highest BCUT2D eigenvalue weighted by molar-refractivity contribution is 5.31. The van der Waals surface area contributed by atoms with Crippen molar-refractivity contribution in [1.82, 2.24) is 5.32 Å². The van der Waals surface area contributed by atoms with Crippen LogP contribution in [-0.2, 0) is 6.54 Å². The van der Waals surface area contributed by atoms with Crippen molar-refractivity contribution in [2.45, 2.75) is 12.6 Å². The van der Waals surface area contributed by atoms with E-state index in [2.05, 4.69) is 5.32 Å². The van der Waals surface area contributed by atoms with Crippen LogP contribution in [0.3, 0.4) is 0 Å². The number of ether oxygens (including phenoxy) is 1. The Morgan fingerprint density at radius 3 is 2.41 bits per heavy atom. The molecule has 0 aliphatic heterocycles. The second-order valence-electron chi connectivity index (χ2n) is 3.57. The van der Waals surface area contributed by atoms with Gasteiger partial charge in [-0.15, -0.1) is 0 Å². The Bertz CT molecular complexity index is 351. The number of rotatable bonds is 6. The van der Waals surface area contributed by atoms with Crippen LogP contribution in [0.4, 0.5) is 8.78 Å². The number of hydrogen-bond acceptors (Lipinski definition) is 4. The van der Waals surface area contributed by atoms with Gasteiger partial charge in [-0.05, 0) is 24.7 Å². The van der Waals surface area contributed by atoms with Gasteiger partial charge in [0.15, 0.2) is 17.4 Å². The molecule has 3 N–H and O–H groups in total. The molecule has 0 radical (unpaired) electrons. The van der Waals surface area contributed by atoms with Crippen LogP contribution in [0.5, 0.6) is 5.75 Å². The third kappa shape index (κ3) is 3.92. The normalized spacial score (nSPS) is 12.5. The Morgan fingerprint density at radius 2 is 1.94 bits per heavy atom. The molecule has 0 fully saturated rings. The fourth-order valence-electron chi connectivity index (χ4n) is 1.29. The molecule has 6 heteroatoms. The lowest BCUT2D eigenvalue weighted by atomic mass is 10.2. The molecule has 4 nitrogen and oxygen atoms in total. The quantitative estimate of drug-likeness (QED) is 0.681. The monoisotopic (exact) mass is 247 g/mol. The first-order chi connectivity index (χ1) is 8.08. The minimum Gasteiger partial charge on any atom is -0.485 e. The Hall–Kier alpha value is -1.24. The maximum absolute atomic E-state index is 13.5.